The molecule has 3 N–H and O–H groups in total. The molecule has 29 heavy (non-hydrogen) atoms. The van der Waals surface area contributed by atoms with E-state index >= 15 is 0 Å². The highest BCUT2D eigenvalue weighted by Crippen LogP contribution is 2.05. The van der Waals surface area contributed by atoms with Crippen LogP contribution < -0.4 is 16.0 Å². The molecule has 0 saturated carbocycles. The fourth-order valence-electron chi connectivity index (χ4n) is 2.86. The van der Waals surface area contributed by atoms with Gasteiger partial charge in [-0.1, -0.05) is 42.5 Å². The Kier molecular flexibility index (Phi) is 10.3. The Hall–Kier alpha value is -2.86. The Morgan fingerprint density at radius 2 is 1.72 bits per heavy atom. The zero-order chi connectivity index (χ0) is 20.7. The molecule has 0 aliphatic carbocycles. The number of hydrogen-bond donors (Lipinski definition) is 3. The maximum absolute atomic E-state index is 11.7. The van der Waals surface area contributed by atoms with Crippen molar-refractivity contribution in [3.63, 3.8) is 0 Å². The van der Waals surface area contributed by atoms with Crippen LogP contribution in [-0.4, -0.2) is 45.7 Å². The third-order valence-electron chi connectivity index (χ3n) is 4.47. The fraction of sp³-hybridized carbons (Fsp3) is 0.391. The van der Waals surface area contributed by atoms with E-state index in [0.717, 1.165) is 50.5 Å². The average Bonchev–Trinajstić information content (AvgIpc) is 2.77. The highest BCUT2D eigenvalue weighted by Gasteiger charge is 2.04. The monoisotopic (exact) mass is 396 g/mol. The van der Waals surface area contributed by atoms with Crippen LogP contribution in [0.25, 0.3) is 0 Å². The largest absolute Gasteiger partial charge is 0.377 e. The summed E-state index contributed by atoms with van der Waals surface area (Å²) in [6.07, 6.45) is 2.84. The zero-order valence-corrected chi connectivity index (χ0v) is 17.4. The second-order valence-electron chi connectivity index (χ2n) is 6.70. The number of nitrogens with one attached hydrogen (secondary N) is 3. The van der Waals surface area contributed by atoms with Crippen molar-refractivity contribution in [2.75, 3.05) is 33.8 Å². The molecule has 0 aliphatic heterocycles. The Morgan fingerprint density at radius 1 is 0.966 bits per heavy atom. The van der Waals surface area contributed by atoms with E-state index in [2.05, 4.69) is 33.1 Å². The van der Waals surface area contributed by atoms with Crippen LogP contribution in [0.4, 0.5) is 0 Å². The number of hydrogen-bond acceptors (Lipinski definition) is 3. The van der Waals surface area contributed by atoms with Crippen LogP contribution >= 0.6 is 0 Å². The van der Waals surface area contributed by atoms with Gasteiger partial charge in [0.2, 0.25) is 0 Å². The number of carbonyl (C=O) groups is 1. The molecule has 1 amide bonds. The molecule has 0 heterocycles. The smallest absolute Gasteiger partial charge is 0.251 e. The molecule has 0 aliphatic rings. The van der Waals surface area contributed by atoms with Gasteiger partial charge in [-0.3, -0.25) is 9.79 Å². The number of nitrogens with zero attached hydrogens (tertiary/aromatic N) is 1. The van der Waals surface area contributed by atoms with Crippen molar-refractivity contribution in [2.24, 2.45) is 4.99 Å². The highest BCUT2D eigenvalue weighted by atomic mass is 16.5. The van der Waals surface area contributed by atoms with Gasteiger partial charge in [0.05, 0.1) is 6.61 Å². The van der Waals surface area contributed by atoms with Gasteiger partial charge < -0.3 is 20.7 Å². The van der Waals surface area contributed by atoms with E-state index < -0.39 is 0 Å². The fourth-order valence-corrected chi connectivity index (χ4v) is 2.86. The first kappa shape index (κ1) is 22.4. The maximum Gasteiger partial charge on any atom is 0.251 e. The van der Waals surface area contributed by atoms with E-state index in [-0.39, 0.29) is 5.91 Å². The summed E-state index contributed by atoms with van der Waals surface area (Å²) < 4.78 is 5.70. The summed E-state index contributed by atoms with van der Waals surface area (Å²) in [6, 6.07) is 17.9. The van der Waals surface area contributed by atoms with Crippen LogP contribution in [0.3, 0.4) is 0 Å². The van der Waals surface area contributed by atoms with Crippen molar-refractivity contribution in [1.29, 1.82) is 0 Å². The number of amides is 1. The molecule has 6 nitrogen and oxygen atoms in total. The third kappa shape index (κ3) is 8.79. The molecule has 0 radical (unpaired) electrons. The molecule has 0 spiro atoms. The van der Waals surface area contributed by atoms with Crippen LogP contribution in [0, 0.1) is 0 Å². The van der Waals surface area contributed by atoms with Gasteiger partial charge in [0.25, 0.3) is 5.91 Å². The topological polar surface area (TPSA) is 74.8 Å². The van der Waals surface area contributed by atoms with E-state index in [1.54, 1.807) is 14.1 Å². The molecule has 0 unspecified atom stereocenters. The van der Waals surface area contributed by atoms with E-state index in [0.29, 0.717) is 12.2 Å². The average molecular weight is 397 g/mol. The second-order valence-corrected chi connectivity index (χ2v) is 6.70. The Balaban J connectivity index is 1.56. The molecular weight excluding hydrogens is 364 g/mol. The first-order valence-corrected chi connectivity index (χ1v) is 10.1. The van der Waals surface area contributed by atoms with E-state index in [1.165, 1.54) is 5.56 Å². The number of carbonyl (C=O) groups excluding carboxylic acids is 1. The number of guanidine groups is 1. The highest BCUT2D eigenvalue weighted by molar-refractivity contribution is 5.94. The molecule has 0 atom stereocenters. The Morgan fingerprint density at radius 3 is 2.48 bits per heavy atom. The van der Waals surface area contributed by atoms with Gasteiger partial charge in [0.1, 0.15) is 0 Å². The number of unbranched alkanes of at least 4 members (excludes halogenated alkanes) is 1. The Bertz CT molecular complexity index is 762. The van der Waals surface area contributed by atoms with Crippen LogP contribution in [0.2, 0.25) is 0 Å². The van der Waals surface area contributed by atoms with Gasteiger partial charge in [0.15, 0.2) is 5.96 Å². The molecule has 156 valence electrons. The molecular formula is C23H32N4O2. The summed E-state index contributed by atoms with van der Waals surface area (Å²) in [6.45, 7) is 3.01. The van der Waals surface area contributed by atoms with Gasteiger partial charge in [-0.15, -0.1) is 0 Å². The summed E-state index contributed by atoms with van der Waals surface area (Å²) >= 11 is 0. The predicted octanol–water partition coefficient (Wildman–Crippen LogP) is 2.75. The zero-order valence-electron chi connectivity index (χ0n) is 17.4. The normalized spacial score (nSPS) is 11.2. The SMILES string of the molecule is CN=C(NCCCCOCc1ccccc1)NCCc1cccc(C(=O)NC)c1. The van der Waals surface area contributed by atoms with Crippen molar-refractivity contribution >= 4 is 11.9 Å². The van der Waals surface area contributed by atoms with Gasteiger partial charge in [-0.05, 0) is 42.5 Å². The van der Waals surface area contributed by atoms with E-state index in [1.807, 2.05) is 42.5 Å². The minimum Gasteiger partial charge on any atom is -0.377 e. The van der Waals surface area contributed by atoms with Crippen molar-refractivity contribution in [3.05, 3.63) is 71.3 Å². The molecule has 2 aromatic carbocycles. The molecule has 2 rings (SSSR count). The van der Waals surface area contributed by atoms with E-state index in [4.69, 9.17) is 4.74 Å². The quantitative estimate of drug-likeness (QED) is 0.310. The summed E-state index contributed by atoms with van der Waals surface area (Å²) in [5.41, 5.74) is 3.00. The molecule has 6 heteroatoms. The van der Waals surface area contributed by atoms with Crippen molar-refractivity contribution in [2.45, 2.75) is 25.9 Å². The maximum atomic E-state index is 11.7. The first-order valence-electron chi connectivity index (χ1n) is 10.1. The van der Waals surface area contributed by atoms with Crippen LogP contribution in [0.15, 0.2) is 59.6 Å². The van der Waals surface area contributed by atoms with Crippen LogP contribution in [-0.2, 0) is 17.8 Å². The van der Waals surface area contributed by atoms with E-state index in [9.17, 15) is 4.79 Å². The van der Waals surface area contributed by atoms with Crippen LogP contribution in [0.1, 0.15) is 34.3 Å². The summed E-state index contributed by atoms with van der Waals surface area (Å²) in [5, 5.41) is 9.28. The van der Waals surface area contributed by atoms with Gasteiger partial charge in [-0.25, -0.2) is 0 Å². The summed E-state index contributed by atoms with van der Waals surface area (Å²) in [7, 11) is 3.41. The van der Waals surface area contributed by atoms with Crippen molar-refractivity contribution in [3.8, 4) is 0 Å². The van der Waals surface area contributed by atoms with Crippen molar-refractivity contribution in [1.82, 2.24) is 16.0 Å². The Labute approximate surface area is 173 Å². The number of ether oxygens (including phenoxy) is 1. The first-order chi connectivity index (χ1) is 14.2. The van der Waals surface area contributed by atoms with Gasteiger partial charge in [0, 0.05) is 39.4 Å². The minimum atomic E-state index is -0.0648. The van der Waals surface area contributed by atoms with Gasteiger partial charge >= 0.3 is 0 Å². The second kappa shape index (κ2) is 13.3. The van der Waals surface area contributed by atoms with Gasteiger partial charge in [-0.2, -0.15) is 0 Å². The number of aliphatic imine (C=N–C) groups is 1. The molecule has 0 fully saturated rings. The molecule has 2 aromatic rings. The number of rotatable bonds is 11. The van der Waals surface area contributed by atoms with Crippen LogP contribution in [0.5, 0.6) is 0 Å². The minimum absolute atomic E-state index is 0.0648. The lowest BCUT2D eigenvalue weighted by molar-refractivity contribution is 0.0963. The molecule has 0 bridgehead atoms. The third-order valence-corrected chi connectivity index (χ3v) is 4.47. The lowest BCUT2D eigenvalue weighted by Gasteiger charge is -2.12. The lowest BCUT2D eigenvalue weighted by Crippen LogP contribution is -2.38. The summed E-state index contributed by atoms with van der Waals surface area (Å²) in [4.78, 5) is 16.0. The molecule has 0 aromatic heterocycles. The lowest BCUT2D eigenvalue weighted by atomic mass is 10.1. The standard InChI is InChI=1S/C23H32N4O2/c1-24-22(28)21-12-8-11-19(17-21)13-15-27-23(25-2)26-14-6-7-16-29-18-20-9-4-3-5-10-20/h3-5,8-12,17H,6-7,13-16,18H2,1-2H3,(H,24,28)(H2,25,26,27). The predicted molar refractivity (Wildman–Crippen MR) is 118 cm³/mol. The summed E-state index contributed by atoms with van der Waals surface area (Å²) in [5.74, 6) is 0.725. The molecule has 0 saturated heterocycles. The number of benzene rings is 2. The van der Waals surface area contributed by atoms with Crippen molar-refractivity contribution < 1.29 is 9.53 Å².